The summed E-state index contributed by atoms with van der Waals surface area (Å²) in [6.07, 6.45) is 0. The lowest BCUT2D eigenvalue weighted by Gasteiger charge is -2.14. The van der Waals surface area contributed by atoms with Crippen molar-refractivity contribution in [3.05, 3.63) is 0 Å². The molecule has 1 N–H and O–H groups in total. The molecule has 4 heteroatoms. The van der Waals surface area contributed by atoms with Gasteiger partial charge in [0.2, 0.25) is 0 Å². The van der Waals surface area contributed by atoms with Crippen LogP contribution in [0.1, 0.15) is 20.8 Å². The number of ether oxygens (including phenoxy) is 1. The minimum Gasteiger partial charge on any atom is -0.462 e. The molecule has 1 fully saturated rings. The van der Waals surface area contributed by atoms with Gasteiger partial charge in [-0.05, 0) is 20.8 Å². The third kappa shape index (κ3) is 7.21. The van der Waals surface area contributed by atoms with E-state index in [2.05, 4.69) is 10.1 Å². The number of rotatable bonds is 1. The summed E-state index contributed by atoms with van der Waals surface area (Å²) in [6.45, 7) is 7.12. The fraction of sp³-hybridized carbons (Fsp3) is 0.750. The molecule has 70 valence electrons. The second-order valence-electron chi connectivity index (χ2n) is 3.47. The van der Waals surface area contributed by atoms with Crippen LogP contribution in [0.25, 0.3) is 0 Å². The van der Waals surface area contributed by atoms with E-state index < -0.39 is 0 Å². The highest BCUT2D eigenvalue weighted by Gasteiger charge is 2.08. The zero-order chi connectivity index (χ0) is 9.61. The number of carbonyl (C=O) groups is 2. The van der Waals surface area contributed by atoms with Gasteiger partial charge in [0.1, 0.15) is 5.60 Å². The van der Waals surface area contributed by atoms with Crippen molar-refractivity contribution in [1.82, 2.24) is 5.32 Å². The summed E-state index contributed by atoms with van der Waals surface area (Å²) < 4.78 is 4.55. The Hall–Kier alpha value is -0.900. The summed E-state index contributed by atoms with van der Waals surface area (Å²) in [4.78, 5) is 19.4. The molecule has 1 saturated heterocycles. The fourth-order valence-corrected chi connectivity index (χ4v) is 0.371. The van der Waals surface area contributed by atoms with Gasteiger partial charge in [-0.1, -0.05) is 0 Å². The van der Waals surface area contributed by atoms with Gasteiger partial charge < -0.3 is 10.1 Å². The first kappa shape index (κ1) is 11.1. The smallest absolute Gasteiger partial charge is 0.293 e. The molecule has 0 radical (unpaired) electrons. The van der Waals surface area contributed by atoms with Crippen LogP contribution in [0.5, 0.6) is 0 Å². The number of hydrogen-bond acceptors (Lipinski definition) is 4. The average Bonchev–Trinajstić information content (AvgIpc) is 1.82. The minimum atomic E-state index is -0.318. The number of ketones is 1. The van der Waals surface area contributed by atoms with Crippen molar-refractivity contribution >= 4 is 12.3 Å². The molecule has 0 unspecified atom stereocenters. The van der Waals surface area contributed by atoms with Crippen LogP contribution in [0.4, 0.5) is 0 Å². The molecule has 1 heterocycles. The van der Waals surface area contributed by atoms with Gasteiger partial charge in [-0.3, -0.25) is 9.59 Å². The van der Waals surface area contributed by atoms with E-state index in [4.69, 9.17) is 0 Å². The molecule has 1 rings (SSSR count). The van der Waals surface area contributed by atoms with Gasteiger partial charge in [0.25, 0.3) is 6.47 Å². The number of carbonyl (C=O) groups excluding carboxylic acids is 2. The highest BCUT2D eigenvalue weighted by Crippen LogP contribution is 2.02. The monoisotopic (exact) mass is 173 g/mol. The quantitative estimate of drug-likeness (QED) is 0.572. The summed E-state index contributed by atoms with van der Waals surface area (Å²) in [5, 5.41) is 2.81. The van der Waals surface area contributed by atoms with Crippen LogP contribution in [0.2, 0.25) is 0 Å². The highest BCUT2D eigenvalue weighted by molar-refractivity contribution is 5.87. The van der Waals surface area contributed by atoms with Crippen molar-refractivity contribution in [2.75, 3.05) is 13.1 Å². The summed E-state index contributed by atoms with van der Waals surface area (Å²) in [5.74, 6) is 0.324. The highest BCUT2D eigenvalue weighted by atomic mass is 16.5. The molecule has 1 aliphatic heterocycles. The number of nitrogens with one attached hydrogen (secondary N) is 1. The Labute approximate surface area is 72.3 Å². The van der Waals surface area contributed by atoms with Crippen LogP contribution in [0.15, 0.2) is 0 Å². The third-order valence-electron chi connectivity index (χ3n) is 1.05. The Kier molecular flexibility index (Phi) is 4.51. The first-order chi connectivity index (χ1) is 5.45. The Morgan fingerprint density at radius 3 is 1.83 bits per heavy atom. The second kappa shape index (κ2) is 4.87. The van der Waals surface area contributed by atoms with Crippen LogP contribution < -0.4 is 5.32 Å². The summed E-state index contributed by atoms with van der Waals surface area (Å²) in [7, 11) is 0. The molecule has 0 saturated carbocycles. The van der Waals surface area contributed by atoms with E-state index in [1.165, 1.54) is 0 Å². The van der Waals surface area contributed by atoms with Crippen molar-refractivity contribution in [2.24, 2.45) is 0 Å². The lowest BCUT2D eigenvalue weighted by Crippen LogP contribution is -2.42. The maximum atomic E-state index is 9.84. The molecular weight excluding hydrogens is 158 g/mol. The van der Waals surface area contributed by atoms with Crippen molar-refractivity contribution in [2.45, 2.75) is 26.4 Å². The zero-order valence-electron chi connectivity index (χ0n) is 7.72. The normalized spacial score (nSPS) is 15.4. The zero-order valence-corrected chi connectivity index (χ0v) is 7.72. The molecule has 0 atom stereocenters. The molecule has 0 aromatic carbocycles. The van der Waals surface area contributed by atoms with Crippen LogP contribution >= 0.6 is 0 Å². The molecule has 12 heavy (non-hydrogen) atoms. The molecule has 0 bridgehead atoms. The van der Waals surface area contributed by atoms with Crippen molar-refractivity contribution < 1.29 is 14.3 Å². The van der Waals surface area contributed by atoms with Gasteiger partial charge in [-0.15, -0.1) is 0 Å². The molecule has 0 aliphatic carbocycles. The number of Topliss-reactive ketones (excluding diaryl/α,β-unsaturated/α-hetero) is 1. The maximum Gasteiger partial charge on any atom is 0.293 e. The van der Waals surface area contributed by atoms with Gasteiger partial charge in [-0.2, -0.15) is 0 Å². The average molecular weight is 173 g/mol. The Bertz CT molecular complexity index is 154. The van der Waals surface area contributed by atoms with Crippen LogP contribution in [0, 0.1) is 0 Å². The lowest BCUT2D eigenvalue weighted by molar-refractivity contribution is -0.138. The maximum absolute atomic E-state index is 9.84. The Balaban J connectivity index is 0.000000211. The molecular formula is C8H15NO3. The molecule has 0 aromatic heterocycles. The Morgan fingerprint density at radius 1 is 1.42 bits per heavy atom. The largest absolute Gasteiger partial charge is 0.462 e. The van der Waals surface area contributed by atoms with Crippen LogP contribution in [0.3, 0.4) is 0 Å². The standard InChI is InChI=1S/C5H10O2.C3H5NO/c1-5(2,3)7-4-6;5-3-1-4-2-3/h4H,1-3H3;4H,1-2H2. The summed E-state index contributed by atoms with van der Waals surface area (Å²) in [5.41, 5.74) is -0.318. The summed E-state index contributed by atoms with van der Waals surface area (Å²) in [6, 6.07) is 0. The van der Waals surface area contributed by atoms with Crippen molar-refractivity contribution in [3.8, 4) is 0 Å². The van der Waals surface area contributed by atoms with Gasteiger partial charge in [0, 0.05) is 0 Å². The second-order valence-corrected chi connectivity index (χ2v) is 3.47. The predicted octanol–water partition coefficient (Wildman–Crippen LogP) is 0.117. The minimum absolute atomic E-state index is 0.318. The van der Waals surface area contributed by atoms with E-state index in [0.717, 1.165) is 0 Å². The topological polar surface area (TPSA) is 55.4 Å². The molecule has 0 aromatic rings. The van der Waals surface area contributed by atoms with Gasteiger partial charge >= 0.3 is 0 Å². The van der Waals surface area contributed by atoms with E-state index in [0.29, 0.717) is 25.3 Å². The summed E-state index contributed by atoms with van der Waals surface area (Å²) >= 11 is 0. The SMILES string of the molecule is CC(C)(C)OC=O.O=C1CNC1. The molecule has 4 nitrogen and oxygen atoms in total. The predicted molar refractivity (Wildman–Crippen MR) is 44.8 cm³/mol. The molecule has 0 amide bonds. The van der Waals surface area contributed by atoms with Gasteiger partial charge in [0.15, 0.2) is 5.78 Å². The fourth-order valence-electron chi connectivity index (χ4n) is 0.371. The van der Waals surface area contributed by atoms with E-state index in [1.54, 1.807) is 0 Å². The van der Waals surface area contributed by atoms with Crippen LogP contribution in [-0.4, -0.2) is 30.9 Å². The van der Waals surface area contributed by atoms with E-state index >= 15 is 0 Å². The first-order valence-corrected chi connectivity index (χ1v) is 3.79. The lowest BCUT2D eigenvalue weighted by atomic mass is 10.2. The molecule has 1 aliphatic rings. The first-order valence-electron chi connectivity index (χ1n) is 3.79. The van der Waals surface area contributed by atoms with E-state index in [-0.39, 0.29) is 5.60 Å². The van der Waals surface area contributed by atoms with E-state index in [1.807, 2.05) is 20.8 Å². The van der Waals surface area contributed by atoms with Crippen molar-refractivity contribution in [1.29, 1.82) is 0 Å². The molecule has 0 spiro atoms. The van der Waals surface area contributed by atoms with Crippen LogP contribution in [-0.2, 0) is 14.3 Å². The van der Waals surface area contributed by atoms with Crippen molar-refractivity contribution in [3.63, 3.8) is 0 Å². The van der Waals surface area contributed by atoms with E-state index in [9.17, 15) is 9.59 Å². The van der Waals surface area contributed by atoms with Gasteiger partial charge in [-0.25, -0.2) is 0 Å². The third-order valence-corrected chi connectivity index (χ3v) is 1.05. The number of hydrogen-bond donors (Lipinski definition) is 1. The van der Waals surface area contributed by atoms with Gasteiger partial charge in [0.05, 0.1) is 13.1 Å². The Morgan fingerprint density at radius 2 is 1.83 bits per heavy atom.